The minimum atomic E-state index is 0.0135. The molecule has 0 radical (unpaired) electrons. The standard InChI is InChI=1S/C31H42O4/c1-21-19-23(11-13-29(21)34-17-15-32)31(24-12-14-30(22(2)20-24)35-18-16-33)27-9-5-3-7-25(27)26-8-4-6-10-28(26)31/h3-10,21-24,29-30,32-33H,11-20H2,1-2H3. The third-order valence-corrected chi connectivity index (χ3v) is 9.35. The summed E-state index contributed by atoms with van der Waals surface area (Å²) >= 11 is 0. The van der Waals surface area contributed by atoms with Crippen LogP contribution in [0.1, 0.15) is 63.5 Å². The van der Waals surface area contributed by atoms with Crippen molar-refractivity contribution in [3.05, 3.63) is 59.7 Å². The van der Waals surface area contributed by atoms with Gasteiger partial charge in [-0.25, -0.2) is 0 Å². The molecule has 0 bridgehead atoms. The van der Waals surface area contributed by atoms with Crippen molar-refractivity contribution in [2.75, 3.05) is 26.4 Å². The van der Waals surface area contributed by atoms with Crippen molar-refractivity contribution < 1.29 is 19.7 Å². The Labute approximate surface area is 210 Å². The van der Waals surface area contributed by atoms with Gasteiger partial charge in [0.15, 0.2) is 0 Å². The molecule has 5 rings (SSSR count). The first-order valence-corrected chi connectivity index (χ1v) is 13.8. The van der Waals surface area contributed by atoms with Crippen LogP contribution in [0.2, 0.25) is 0 Å². The van der Waals surface area contributed by atoms with Crippen molar-refractivity contribution in [3.63, 3.8) is 0 Å². The van der Waals surface area contributed by atoms with Gasteiger partial charge in [-0.15, -0.1) is 0 Å². The molecule has 2 fully saturated rings. The summed E-state index contributed by atoms with van der Waals surface area (Å²) in [7, 11) is 0. The van der Waals surface area contributed by atoms with Gasteiger partial charge in [-0.3, -0.25) is 0 Å². The maximum Gasteiger partial charge on any atom is 0.0701 e. The van der Waals surface area contributed by atoms with E-state index in [0.717, 1.165) is 38.5 Å². The molecule has 2 aromatic rings. The summed E-state index contributed by atoms with van der Waals surface area (Å²) in [4.78, 5) is 0. The van der Waals surface area contributed by atoms with Crippen LogP contribution in [0.3, 0.4) is 0 Å². The molecular weight excluding hydrogens is 436 g/mol. The summed E-state index contributed by atoms with van der Waals surface area (Å²) in [5.41, 5.74) is 5.90. The first-order chi connectivity index (χ1) is 17.1. The molecule has 6 atom stereocenters. The van der Waals surface area contributed by atoms with E-state index in [1.807, 2.05) is 0 Å². The molecule has 0 aliphatic heterocycles. The van der Waals surface area contributed by atoms with Crippen LogP contribution < -0.4 is 0 Å². The number of rotatable bonds is 8. The fourth-order valence-electron chi connectivity index (χ4n) is 7.98. The van der Waals surface area contributed by atoms with E-state index in [0.29, 0.717) is 36.9 Å². The van der Waals surface area contributed by atoms with E-state index in [1.165, 1.54) is 22.3 Å². The molecule has 190 valence electrons. The van der Waals surface area contributed by atoms with Crippen LogP contribution >= 0.6 is 0 Å². The van der Waals surface area contributed by atoms with E-state index in [2.05, 4.69) is 62.4 Å². The topological polar surface area (TPSA) is 58.9 Å². The molecule has 2 saturated carbocycles. The largest absolute Gasteiger partial charge is 0.394 e. The van der Waals surface area contributed by atoms with E-state index in [9.17, 15) is 10.2 Å². The summed E-state index contributed by atoms with van der Waals surface area (Å²) < 4.78 is 12.1. The van der Waals surface area contributed by atoms with Crippen molar-refractivity contribution in [1.82, 2.24) is 0 Å². The Balaban J connectivity index is 1.55. The van der Waals surface area contributed by atoms with Crippen molar-refractivity contribution in [3.8, 4) is 11.1 Å². The van der Waals surface area contributed by atoms with Crippen molar-refractivity contribution >= 4 is 0 Å². The minimum Gasteiger partial charge on any atom is -0.394 e. The summed E-state index contributed by atoms with van der Waals surface area (Å²) in [6, 6.07) is 18.3. The Morgan fingerprint density at radius 3 is 1.51 bits per heavy atom. The number of ether oxygens (including phenoxy) is 2. The molecule has 0 aromatic heterocycles. The van der Waals surface area contributed by atoms with Gasteiger partial charge < -0.3 is 19.7 Å². The molecule has 3 aliphatic carbocycles. The molecule has 2 aromatic carbocycles. The molecule has 0 amide bonds. The Morgan fingerprint density at radius 1 is 0.686 bits per heavy atom. The fraction of sp³-hybridized carbons (Fsp3) is 0.613. The molecule has 6 unspecified atom stereocenters. The van der Waals surface area contributed by atoms with Crippen LogP contribution in [0, 0.1) is 23.7 Å². The lowest BCUT2D eigenvalue weighted by Gasteiger charge is -2.52. The quantitative estimate of drug-likeness (QED) is 0.520. The Morgan fingerprint density at radius 2 is 1.11 bits per heavy atom. The van der Waals surface area contributed by atoms with Gasteiger partial charge in [0.05, 0.1) is 38.6 Å². The first-order valence-electron chi connectivity index (χ1n) is 13.8. The SMILES string of the molecule is CC1CC(C2(C3CCC(OCCO)C(C)C3)c3ccccc3-c3ccccc32)CCC1OCCO. The predicted molar refractivity (Wildman–Crippen MR) is 139 cm³/mol. The molecule has 35 heavy (non-hydrogen) atoms. The lowest BCUT2D eigenvalue weighted by Crippen LogP contribution is -2.49. The highest BCUT2D eigenvalue weighted by Crippen LogP contribution is 2.62. The van der Waals surface area contributed by atoms with Gasteiger partial charge in [-0.05, 0) is 84.5 Å². The number of hydrogen-bond acceptors (Lipinski definition) is 4. The zero-order valence-corrected chi connectivity index (χ0v) is 21.4. The highest BCUT2D eigenvalue weighted by atomic mass is 16.5. The Hall–Kier alpha value is -1.72. The van der Waals surface area contributed by atoms with E-state index in [1.54, 1.807) is 0 Å². The highest BCUT2D eigenvalue weighted by molar-refractivity contribution is 5.81. The van der Waals surface area contributed by atoms with Crippen LogP contribution in [-0.2, 0) is 14.9 Å². The fourth-order valence-corrected chi connectivity index (χ4v) is 7.98. The van der Waals surface area contributed by atoms with Gasteiger partial charge in [0.25, 0.3) is 0 Å². The summed E-state index contributed by atoms with van der Waals surface area (Å²) in [5.74, 6) is 2.06. The van der Waals surface area contributed by atoms with Crippen molar-refractivity contribution in [1.29, 1.82) is 0 Å². The number of aliphatic hydroxyl groups excluding tert-OH is 2. The Kier molecular flexibility index (Phi) is 7.64. The third kappa shape index (κ3) is 4.37. The number of benzene rings is 2. The molecule has 4 nitrogen and oxygen atoms in total. The molecule has 0 spiro atoms. The van der Waals surface area contributed by atoms with Gasteiger partial charge in [0.2, 0.25) is 0 Å². The van der Waals surface area contributed by atoms with E-state index in [-0.39, 0.29) is 30.8 Å². The minimum absolute atomic E-state index is 0.0135. The highest BCUT2D eigenvalue weighted by Gasteiger charge is 2.55. The molecular formula is C31H42O4. The van der Waals surface area contributed by atoms with Crippen molar-refractivity contribution in [2.24, 2.45) is 23.7 Å². The second-order valence-corrected chi connectivity index (χ2v) is 11.2. The third-order valence-electron chi connectivity index (χ3n) is 9.35. The van der Waals surface area contributed by atoms with Crippen LogP contribution in [-0.4, -0.2) is 48.8 Å². The van der Waals surface area contributed by atoms with Crippen LogP contribution in [0.25, 0.3) is 11.1 Å². The maximum atomic E-state index is 9.29. The predicted octanol–water partition coefficient (Wildman–Crippen LogP) is 5.58. The number of fused-ring (bicyclic) bond motifs is 3. The lowest BCUT2D eigenvalue weighted by molar-refractivity contribution is -0.0572. The van der Waals surface area contributed by atoms with Crippen LogP contribution in [0.5, 0.6) is 0 Å². The zero-order chi connectivity index (χ0) is 24.4. The lowest BCUT2D eigenvalue weighted by atomic mass is 9.53. The van der Waals surface area contributed by atoms with Gasteiger partial charge in [-0.1, -0.05) is 62.4 Å². The second kappa shape index (κ2) is 10.7. The molecule has 0 saturated heterocycles. The first kappa shape index (κ1) is 25.0. The summed E-state index contributed by atoms with van der Waals surface area (Å²) in [5, 5.41) is 18.6. The Bertz CT molecular complexity index is 908. The van der Waals surface area contributed by atoms with Crippen molar-refractivity contribution in [2.45, 2.75) is 70.0 Å². The average Bonchev–Trinajstić information content (AvgIpc) is 3.18. The normalized spacial score (nSPS) is 31.7. The van der Waals surface area contributed by atoms with Crippen LogP contribution in [0.15, 0.2) is 48.5 Å². The van der Waals surface area contributed by atoms with Gasteiger partial charge in [0, 0.05) is 5.41 Å². The summed E-state index contributed by atoms with van der Waals surface area (Å²) in [6.45, 7) is 5.75. The van der Waals surface area contributed by atoms with Gasteiger partial charge in [-0.2, -0.15) is 0 Å². The molecule has 0 heterocycles. The molecule has 2 N–H and O–H groups in total. The molecule has 3 aliphatic rings. The average molecular weight is 479 g/mol. The van der Waals surface area contributed by atoms with E-state index in [4.69, 9.17) is 9.47 Å². The zero-order valence-electron chi connectivity index (χ0n) is 21.4. The number of aliphatic hydroxyl groups is 2. The summed E-state index contributed by atoms with van der Waals surface area (Å²) in [6.07, 6.45) is 7.19. The van der Waals surface area contributed by atoms with Gasteiger partial charge >= 0.3 is 0 Å². The maximum absolute atomic E-state index is 9.29. The smallest absolute Gasteiger partial charge is 0.0701 e. The second-order valence-electron chi connectivity index (χ2n) is 11.2. The molecule has 4 heteroatoms. The van der Waals surface area contributed by atoms with E-state index >= 15 is 0 Å². The monoisotopic (exact) mass is 478 g/mol. The number of hydrogen-bond donors (Lipinski definition) is 2. The van der Waals surface area contributed by atoms with Crippen LogP contribution in [0.4, 0.5) is 0 Å². The van der Waals surface area contributed by atoms with E-state index < -0.39 is 0 Å². The van der Waals surface area contributed by atoms with Gasteiger partial charge in [0.1, 0.15) is 0 Å².